The number of rotatable bonds is 3. The molecule has 1 saturated heterocycles. The van der Waals surface area contributed by atoms with Crippen LogP contribution in [0.3, 0.4) is 0 Å². The summed E-state index contributed by atoms with van der Waals surface area (Å²) in [6, 6.07) is 11.3. The molecular weight excluding hydrogens is 268 g/mol. The summed E-state index contributed by atoms with van der Waals surface area (Å²) in [4.78, 5) is 17.3. The summed E-state index contributed by atoms with van der Waals surface area (Å²) in [6.07, 6.45) is 6.33. The Bertz CT molecular complexity index is 644. The van der Waals surface area contributed by atoms with E-state index in [0.717, 1.165) is 5.56 Å². The van der Waals surface area contributed by atoms with Crippen LogP contribution < -0.4 is 0 Å². The molecule has 1 aromatic rings. The highest BCUT2D eigenvalue weighted by atomic mass is 16.7. The van der Waals surface area contributed by atoms with Crippen molar-refractivity contribution in [3.63, 3.8) is 0 Å². The van der Waals surface area contributed by atoms with E-state index in [1.54, 1.807) is 18.2 Å². The van der Waals surface area contributed by atoms with Crippen molar-refractivity contribution in [1.29, 1.82) is 5.26 Å². The van der Waals surface area contributed by atoms with Crippen molar-refractivity contribution in [2.75, 3.05) is 0 Å². The average molecular weight is 282 g/mol. The highest BCUT2D eigenvalue weighted by molar-refractivity contribution is 5.86. The largest absolute Gasteiger partial charge is 0.369 e. The third-order valence-corrected chi connectivity index (χ3v) is 3.67. The fraction of sp³-hybridized carbons (Fsp3) is 0.250. The Balaban J connectivity index is 1.72. The molecule has 0 atom stereocenters. The van der Waals surface area contributed by atoms with Crippen LogP contribution in [0.25, 0.3) is 0 Å². The molecule has 5 heteroatoms. The van der Waals surface area contributed by atoms with Gasteiger partial charge in [-0.2, -0.15) is 5.26 Å². The third-order valence-electron chi connectivity index (χ3n) is 3.67. The molecule has 0 saturated carbocycles. The maximum atomic E-state index is 11.8. The van der Waals surface area contributed by atoms with Gasteiger partial charge in [-0.25, -0.2) is 5.06 Å². The molecule has 1 spiro atoms. The van der Waals surface area contributed by atoms with Gasteiger partial charge in [-0.05, 0) is 17.7 Å². The fourth-order valence-corrected chi connectivity index (χ4v) is 2.41. The smallest absolute Gasteiger partial charge is 0.250 e. The van der Waals surface area contributed by atoms with Crippen molar-refractivity contribution in [2.45, 2.75) is 24.2 Å². The zero-order valence-corrected chi connectivity index (χ0v) is 11.3. The number of hydrogen-bond acceptors (Lipinski definition) is 4. The van der Waals surface area contributed by atoms with Gasteiger partial charge in [-0.15, -0.1) is 0 Å². The van der Waals surface area contributed by atoms with Crippen LogP contribution in [-0.4, -0.2) is 27.2 Å². The number of hydrogen-bond donors (Lipinski definition) is 1. The SMILES string of the molecule is N#CC1(O)C=CC2(C=C1)CC(=O)N2OCc1ccccc1. The lowest BCUT2D eigenvalue weighted by Crippen LogP contribution is -2.62. The van der Waals surface area contributed by atoms with Gasteiger partial charge in [0.1, 0.15) is 18.2 Å². The minimum Gasteiger partial charge on any atom is -0.369 e. The molecule has 0 bridgehead atoms. The molecule has 3 rings (SSSR count). The van der Waals surface area contributed by atoms with Gasteiger partial charge in [0.2, 0.25) is 5.91 Å². The fourth-order valence-electron chi connectivity index (χ4n) is 2.41. The molecular formula is C16H14N2O3. The van der Waals surface area contributed by atoms with E-state index in [0.29, 0.717) is 6.61 Å². The lowest BCUT2D eigenvalue weighted by Gasteiger charge is -2.48. The summed E-state index contributed by atoms with van der Waals surface area (Å²) in [6.45, 7) is 0.290. The zero-order valence-electron chi connectivity index (χ0n) is 11.3. The minimum absolute atomic E-state index is 0.123. The van der Waals surface area contributed by atoms with Crippen LogP contribution >= 0.6 is 0 Å². The first-order valence-electron chi connectivity index (χ1n) is 6.61. The van der Waals surface area contributed by atoms with Gasteiger partial charge in [0.25, 0.3) is 0 Å². The second-order valence-corrected chi connectivity index (χ2v) is 5.22. The number of nitriles is 1. The Morgan fingerprint density at radius 2 is 1.90 bits per heavy atom. The van der Waals surface area contributed by atoms with Crippen molar-refractivity contribution in [3.8, 4) is 6.07 Å². The Labute approximate surface area is 122 Å². The molecule has 1 N–H and O–H groups in total. The Morgan fingerprint density at radius 1 is 1.24 bits per heavy atom. The monoisotopic (exact) mass is 282 g/mol. The first kappa shape index (κ1) is 13.6. The maximum Gasteiger partial charge on any atom is 0.250 e. The van der Waals surface area contributed by atoms with Crippen LogP contribution in [0.5, 0.6) is 0 Å². The van der Waals surface area contributed by atoms with Gasteiger partial charge in [0.05, 0.1) is 6.42 Å². The standard InChI is InChI=1S/C16H14N2O3/c17-12-16(20)8-6-15(7-9-16)10-14(19)18(15)21-11-13-4-2-1-3-5-13/h1-9,20H,10-11H2. The predicted octanol–water partition coefficient (Wildman–Crippen LogP) is 1.47. The Kier molecular flexibility index (Phi) is 3.13. The summed E-state index contributed by atoms with van der Waals surface area (Å²) < 4.78 is 0. The summed E-state index contributed by atoms with van der Waals surface area (Å²) in [5.74, 6) is -0.123. The van der Waals surface area contributed by atoms with E-state index >= 15 is 0 Å². The van der Waals surface area contributed by atoms with E-state index in [4.69, 9.17) is 10.1 Å². The molecule has 1 heterocycles. The molecule has 0 unspecified atom stereocenters. The molecule has 106 valence electrons. The van der Waals surface area contributed by atoms with Crippen LogP contribution in [0.15, 0.2) is 54.6 Å². The van der Waals surface area contributed by atoms with Gasteiger partial charge < -0.3 is 5.11 Å². The highest BCUT2D eigenvalue weighted by Crippen LogP contribution is 2.39. The van der Waals surface area contributed by atoms with Crippen molar-refractivity contribution < 1.29 is 14.7 Å². The van der Waals surface area contributed by atoms with Crippen LogP contribution in [0.2, 0.25) is 0 Å². The molecule has 5 nitrogen and oxygen atoms in total. The first-order chi connectivity index (χ1) is 10.1. The lowest BCUT2D eigenvalue weighted by molar-refractivity contribution is -0.242. The molecule has 0 radical (unpaired) electrons. The van der Waals surface area contributed by atoms with Gasteiger partial charge in [-0.3, -0.25) is 9.63 Å². The number of carbonyl (C=O) groups is 1. The van der Waals surface area contributed by atoms with Crippen molar-refractivity contribution in [2.24, 2.45) is 0 Å². The minimum atomic E-state index is -1.60. The van der Waals surface area contributed by atoms with Crippen molar-refractivity contribution in [3.05, 3.63) is 60.2 Å². The normalized spacial score (nSPS) is 30.3. The van der Waals surface area contributed by atoms with E-state index in [-0.39, 0.29) is 12.3 Å². The summed E-state index contributed by atoms with van der Waals surface area (Å²) in [5, 5.41) is 20.0. The van der Waals surface area contributed by atoms with Crippen LogP contribution in [-0.2, 0) is 16.2 Å². The van der Waals surface area contributed by atoms with Crippen LogP contribution in [0, 0.1) is 11.3 Å². The highest BCUT2D eigenvalue weighted by Gasteiger charge is 2.51. The summed E-state index contributed by atoms with van der Waals surface area (Å²) in [5.41, 5.74) is -1.33. The molecule has 1 fully saturated rings. The average Bonchev–Trinajstić information content (AvgIpc) is 2.51. The molecule has 0 aromatic heterocycles. The number of aliphatic hydroxyl groups is 1. The van der Waals surface area contributed by atoms with E-state index in [2.05, 4.69) is 0 Å². The van der Waals surface area contributed by atoms with Crippen molar-refractivity contribution >= 4 is 5.91 Å². The van der Waals surface area contributed by atoms with Crippen LogP contribution in [0.4, 0.5) is 0 Å². The molecule has 1 aliphatic heterocycles. The predicted molar refractivity (Wildman–Crippen MR) is 74.3 cm³/mol. The molecule has 1 aromatic carbocycles. The molecule has 2 aliphatic rings. The van der Waals surface area contributed by atoms with Gasteiger partial charge >= 0.3 is 0 Å². The van der Waals surface area contributed by atoms with E-state index < -0.39 is 11.1 Å². The second kappa shape index (κ2) is 4.85. The van der Waals surface area contributed by atoms with Gasteiger partial charge in [-0.1, -0.05) is 42.5 Å². The van der Waals surface area contributed by atoms with E-state index in [9.17, 15) is 9.90 Å². The van der Waals surface area contributed by atoms with Crippen LogP contribution in [0.1, 0.15) is 12.0 Å². The first-order valence-corrected chi connectivity index (χ1v) is 6.61. The summed E-state index contributed by atoms with van der Waals surface area (Å²) >= 11 is 0. The quantitative estimate of drug-likeness (QED) is 0.517. The Hall–Kier alpha value is -2.42. The third kappa shape index (κ3) is 2.35. The number of β-lactam (4-membered cyclic amide) rings is 1. The maximum absolute atomic E-state index is 11.8. The number of carbonyl (C=O) groups excluding carboxylic acids is 1. The van der Waals surface area contributed by atoms with E-state index in [1.807, 2.05) is 30.3 Å². The lowest BCUT2D eigenvalue weighted by atomic mass is 9.79. The van der Waals surface area contributed by atoms with Gasteiger partial charge in [0.15, 0.2) is 5.60 Å². The van der Waals surface area contributed by atoms with E-state index in [1.165, 1.54) is 17.2 Å². The topological polar surface area (TPSA) is 73.6 Å². The number of hydroxylamine groups is 2. The zero-order chi connectivity index (χ0) is 14.9. The van der Waals surface area contributed by atoms with Crippen molar-refractivity contribution in [1.82, 2.24) is 5.06 Å². The number of amides is 1. The second-order valence-electron chi connectivity index (χ2n) is 5.22. The molecule has 1 amide bonds. The van der Waals surface area contributed by atoms with Gasteiger partial charge in [0, 0.05) is 0 Å². The number of nitrogens with zero attached hydrogens (tertiary/aromatic N) is 2. The summed E-state index contributed by atoms with van der Waals surface area (Å²) in [7, 11) is 0. The molecule has 1 aliphatic carbocycles. The Morgan fingerprint density at radius 3 is 2.48 bits per heavy atom. The number of benzene rings is 1. The molecule has 21 heavy (non-hydrogen) atoms.